The lowest BCUT2D eigenvalue weighted by Crippen LogP contribution is -2.23. The topological polar surface area (TPSA) is 49.3 Å². The van der Waals surface area contributed by atoms with E-state index in [-0.39, 0.29) is 11.4 Å². The summed E-state index contributed by atoms with van der Waals surface area (Å²) >= 11 is 1.25. The molecule has 0 fully saturated rings. The van der Waals surface area contributed by atoms with Gasteiger partial charge in [0.05, 0.1) is 10.9 Å². The van der Waals surface area contributed by atoms with Gasteiger partial charge in [0.25, 0.3) is 0 Å². The number of benzene rings is 2. The molecule has 0 aliphatic heterocycles. The zero-order chi connectivity index (χ0) is 15.4. The number of halogens is 2. The second-order valence-electron chi connectivity index (χ2n) is 4.37. The van der Waals surface area contributed by atoms with Crippen LogP contribution in [0.1, 0.15) is 6.92 Å². The van der Waals surface area contributed by atoms with E-state index in [2.05, 4.69) is 5.32 Å². The van der Waals surface area contributed by atoms with Crippen molar-refractivity contribution in [3.05, 3.63) is 54.1 Å². The number of amides is 1. The fourth-order valence-corrected chi connectivity index (χ4v) is 2.48. The summed E-state index contributed by atoms with van der Waals surface area (Å²) in [5.74, 6) is -1.60. The molecule has 0 saturated heterocycles. The molecule has 0 radical (unpaired) electrons. The molecule has 2 aromatic rings. The normalized spacial score (nSPS) is 12.0. The molecule has 0 bridgehead atoms. The molecule has 6 heteroatoms. The zero-order valence-electron chi connectivity index (χ0n) is 11.1. The number of phenols is 1. The van der Waals surface area contributed by atoms with Gasteiger partial charge in [-0.1, -0.05) is 0 Å². The monoisotopic (exact) mass is 309 g/mol. The Morgan fingerprint density at radius 1 is 1.19 bits per heavy atom. The van der Waals surface area contributed by atoms with Crippen molar-refractivity contribution in [1.29, 1.82) is 0 Å². The Morgan fingerprint density at radius 2 is 1.86 bits per heavy atom. The number of thioether (sulfide) groups is 1. The summed E-state index contributed by atoms with van der Waals surface area (Å²) in [7, 11) is 0. The maximum Gasteiger partial charge on any atom is 0.237 e. The first-order chi connectivity index (χ1) is 9.95. The predicted molar refractivity (Wildman–Crippen MR) is 78.4 cm³/mol. The highest BCUT2D eigenvalue weighted by atomic mass is 32.2. The van der Waals surface area contributed by atoms with Crippen LogP contribution in [-0.2, 0) is 4.79 Å². The van der Waals surface area contributed by atoms with E-state index in [0.29, 0.717) is 0 Å². The van der Waals surface area contributed by atoms with Gasteiger partial charge in [-0.2, -0.15) is 0 Å². The second kappa shape index (κ2) is 6.58. The summed E-state index contributed by atoms with van der Waals surface area (Å²) in [4.78, 5) is 12.8. The average Bonchev–Trinajstić information content (AvgIpc) is 2.45. The van der Waals surface area contributed by atoms with Gasteiger partial charge in [0.15, 0.2) is 0 Å². The molecule has 0 saturated carbocycles. The molecule has 0 spiro atoms. The fraction of sp³-hybridized carbons (Fsp3) is 0.133. The van der Waals surface area contributed by atoms with Crippen LogP contribution in [0, 0.1) is 11.6 Å². The highest BCUT2D eigenvalue weighted by molar-refractivity contribution is 8.00. The van der Waals surface area contributed by atoms with Gasteiger partial charge in [0.2, 0.25) is 5.91 Å². The van der Waals surface area contributed by atoms with Crippen molar-refractivity contribution in [3.63, 3.8) is 0 Å². The first-order valence-corrected chi connectivity index (χ1v) is 7.05. The quantitative estimate of drug-likeness (QED) is 0.845. The summed E-state index contributed by atoms with van der Waals surface area (Å²) in [6, 6.07) is 9.25. The number of carbonyl (C=O) groups excluding carboxylic acids is 1. The van der Waals surface area contributed by atoms with Crippen LogP contribution in [0.4, 0.5) is 14.5 Å². The molecule has 1 atom stereocenters. The number of aromatic hydroxyl groups is 1. The maximum absolute atomic E-state index is 13.4. The molecule has 110 valence electrons. The molecule has 0 aromatic heterocycles. The number of hydrogen-bond donors (Lipinski definition) is 2. The maximum atomic E-state index is 13.4. The molecule has 2 rings (SSSR count). The van der Waals surface area contributed by atoms with Crippen molar-refractivity contribution in [3.8, 4) is 5.75 Å². The molecule has 21 heavy (non-hydrogen) atoms. The van der Waals surface area contributed by atoms with E-state index in [0.717, 1.165) is 23.1 Å². The molecule has 2 aromatic carbocycles. The SMILES string of the molecule is CC(Sc1ccc(O)cc1)C(=O)Nc1cc(F)ccc1F. The van der Waals surface area contributed by atoms with Gasteiger partial charge in [-0.05, 0) is 43.3 Å². The van der Waals surface area contributed by atoms with Crippen LogP contribution in [0.15, 0.2) is 47.4 Å². The van der Waals surface area contributed by atoms with Crippen molar-refractivity contribution in [1.82, 2.24) is 0 Å². The lowest BCUT2D eigenvalue weighted by atomic mass is 10.3. The van der Waals surface area contributed by atoms with Gasteiger partial charge < -0.3 is 10.4 Å². The van der Waals surface area contributed by atoms with Gasteiger partial charge in [-0.15, -0.1) is 11.8 Å². The minimum atomic E-state index is -0.688. The highest BCUT2D eigenvalue weighted by Crippen LogP contribution is 2.26. The lowest BCUT2D eigenvalue weighted by molar-refractivity contribution is -0.115. The van der Waals surface area contributed by atoms with Crippen molar-refractivity contribution in [2.24, 2.45) is 0 Å². The zero-order valence-corrected chi connectivity index (χ0v) is 12.0. The van der Waals surface area contributed by atoms with Crippen molar-refractivity contribution in [2.75, 3.05) is 5.32 Å². The molecule has 0 aliphatic carbocycles. The molecule has 2 N–H and O–H groups in total. The van der Waals surface area contributed by atoms with E-state index in [9.17, 15) is 18.7 Å². The van der Waals surface area contributed by atoms with E-state index >= 15 is 0 Å². The van der Waals surface area contributed by atoms with E-state index in [1.54, 1.807) is 19.1 Å². The lowest BCUT2D eigenvalue weighted by Gasteiger charge is -2.12. The number of phenolic OH excluding ortho intramolecular Hbond substituents is 1. The average molecular weight is 309 g/mol. The number of rotatable bonds is 4. The van der Waals surface area contributed by atoms with Gasteiger partial charge in [0.1, 0.15) is 17.4 Å². The minimum Gasteiger partial charge on any atom is -0.508 e. The Morgan fingerprint density at radius 3 is 2.52 bits per heavy atom. The van der Waals surface area contributed by atoms with Crippen molar-refractivity contribution >= 4 is 23.4 Å². The highest BCUT2D eigenvalue weighted by Gasteiger charge is 2.16. The number of hydrogen-bond acceptors (Lipinski definition) is 3. The van der Waals surface area contributed by atoms with Gasteiger partial charge in [-0.25, -0.2) is 8.78 Å². The fourth-order valence-electron chi connectivity index (χ4n) is 1.61. The van der Waals surface area contributed by atoms with E-state index in [4.69, 9.17) is 0 Å². The molecule has 1 unspecified atom stereocenters. The standard InChI is InChI=1S/C15H13F2NO2S/c1-9(21-12-5-3-11(19)4-6-12)15(20)18-14-8-10(16)2-7-13(14)17/h2-9,19H,1H3,(H,18,20). The third-order valence-electron chi connectivity index (χ3n) is 2.71. The van der Waals surface area contributed by atoms with Crippen LogP contribution in [-0.4, -0.2) is 16.3 Å². The van der Waals surface area contributed by atoms with Crippen molar-refractivity contribution < 1.29 is 18.7 Å². The Labute approximate surface area is 125 Å². The van der Waals surface area contributed by atoms with E-state index in [1.807, 2.05) is 0 Å². The Kier molecular flexibility index (Phi) is 4.80. The molecular weight excluding hydrogens is 296 g/mol. The third-order valence-corrected chi connectivity index (χ3v) is 3.82. The number of nitrogens with one attached hydrogen (secondary N) is 1. The summed E-state index contributed by atoms with van der Waals surface area (Å²) < 4.78 is 26.5. The Bertz CT molecular complexity index is 647. The summed E-state index contributed by atoms with van der Waals surface area (Å²) in [5.41, 5.74) is -0.182. The van der Waals surface area contributed by atoms with Gasteiger partial charge >= 0.3 is 0 Å². The molecule has 0 heterocycles. The number of anilines is 1. The largest absolute Gasteiger partial charge is 0.508 e. The first kappa shape index (κ1) is 15.3. The molecule has 3 nitrogen and oxygen atoms in total. The summed E-state index contributed by atoms with van der Waals surface area (Å²) in [6.45, 7) is 1.66. The minimum absolute atomic E-state index is 0.137. The molecule has 1 amide bonds. The van der Waals surface area contributed by atoms with Crippen LogP contribution >= 0.6 is 11.8 Å². The van der Waals surface area contributed by atoms with E-state index in [1.165, 1.54) is 23.9 Å². The first-order valence-electron chi connectivity index (χ1n) is 6.17. The van der Waals surface area contributed by atoms with Crippen LogP contribution in [0.5, 0.6) is 5.75 Å². The van der Waals surface area contributed by atoms with E-state index < -0.39 is 22.8 Å². The number of carbonyl (C=O) groups is 1. The summed E-state index contributed by atoms with van der Waals surface area (Å²) in [6.07, 6.45) is 0. The van der Waals surface area contributed by atoms with Crippen LogP contribution in [0.2, 0.25) is 0 Å². The van der Waals surface area contributed by atoms with Gasteiger partial charge in [0, 0.05) is 11.0 Å². The smallest absolute Gasteiger partial charge is 0.237 e. The summed E-state index contributed by atoms with van der Waals surface area (Å²) in [5, 5.41) is 11.0. The van der Waals surface area contributed by atoms with Crippen LogP contribution in [0.3, 0.4) is 0 Å². The van der Waals surface area contributed by atoms with Crippen LogP contribution < -0.4 is 5.32 Å². The Balaban J connectivity index is 2.02. The molecular formula is C15H13F2NO2S. The second-order valence-corrected chi connectivity index (χ2v) is 5.78. The predicted octanol–water partition coefficient (Wildman–Crippen LogP) is 3.79. The Hall–Kier alpha value is -2.08. The third kappa shape index (κ3) is 4.19. The van der Waals surface area contributed by atoms with Crippen molar-refractivity contribution in [2.45, 2.75) is 17.1 Å². The van der Waals surface area contributed by atoms with Gasteiger partial charge in [-0.3, -0.25) is 4.79 Å². The van der Waals surface area contributed by atoms with Crippen LogP contribution in [0.25, 0.3) is 0 Å². The molecule has 0 aliphatic rings.